The molecule has 0 saturated carbocycles. The molecule has 1 atom stereocenters. The SMILES string of the molecule is CCn1nc(C)c2nc(CCl)n(C(C)COC)c21. The Kier molecular flexibility index (Phi) is 3.92. The first-order chi connectivity index (χ1) is 8.63. The average Bonchev–Trinajstić information content (AvgIpc) is 2.87. The normalized spacial score (nSPS) is 13.4. The zero-order valence-electron chi connectivity index (χ0n) is 11.3. The molecule has 0 saturated heterocycles. The van der Waals surface area contributed by atoms with Crippen molar-refractivity contribution < 1.29 is 4.74 Å². The maximum atomic E-state index is 6.00. The van der Waals surface area contributed by atoms with E-state index in [1.54, 1.807) is 7.11 Å². The molecule has 2 aromatic heterocycles. The van der Waals surface area contributed by atoms with Gasteiger partial charge in [-0.15, -0.1) is 11.6 Å². The van der Waals surface area contributed by atoms with Crippen LogP contribution in [0.25, 0.3) is 11.2 Å². The molecule has 2 heterocycles. The Balaban J connectivity index is 2.66. The third-order valence-corrected chi connectivity index (χ3v) is 3.32. The lowest BCUT2D eigenvalue weighted by molar-refractivity contribution is 0.162. The summed E-state index contributed by atoms with van der Waals surface area (Å²) in [4.78, 5) is 4.59. The summed E-state index contributed by atoms with van der Waals surface area (Å²) in [5.41, 5.74) is 2.92. The quantitative estimate of drug-likeness (QED) is 0.784. The second-order valence-electron chi connectivity index (χ2n) is 4.41. The fraction of sp³-hybridized carbons (Fsp3) is 0.667. The van der Waals surface area contributed by atoms with E-state index in [9.17, 15) is 0 Å². The highest BCUT2D eigenvalue weighted by Gasteiger charge is 2.20. The second-order valence-corrected chi connectivity index (χ2v) is 4.68. The monoisotopic (exact) mass is 270 g/mol. The zero-order chi connectivity index (χ0) is 13.3. The lowest BCUT2D eigenvalue weighted by Crippen LogP contribution is -2.16. The van der Waals surface area contributed by atoms with E-state index in [1.807, 2.05) is 11.6 Å². The van der Waals surface area contributed by atoms with E-state index in [1.165, 1.54) is 0 Å². The summed E-state index contributed by atoms with van der Waals surface area (Å²) in [5, 5.41) is 4.50. The van der Waals surface area contributed by atoms with Gasteiger partial charge in [0.15, 0.2) is 5.65 Å². The van der Waals surface area contributed by atoms with Crippen LogP contribution in [-0.2, 0) is 17.2 Å². The van der Waals surface area contributed by atoms with E-state index in [0.717, 1.165) is 29.2 Å². The number of halogens is 1. The van der Waals surface area contributed by atoms with Crippen LogP contribution in [0.3, 0.4) is 0 Å². The summed E-state index contributed by atoms with van der Waals surface area (Å²) in [6.07, 6.45) is 0. The van der Waals surface area contributed by atoms with Crippen LogP contribution >= 0.6 is 11.6 Å². The molecule has 0 fully saturated rings. The van der Waals surface area contributed by atoms with Gasteiger partial charge < -0.3 is 9.30 Å². The van der Waals surface area contributed by atoms with Gasteiger partial charge in [0, 0.05) is 13.7 Å². The first-order valence-corrected chi connectivity index (χ1v) is 6.66. The van der Waals surface area contributed by atoms with Crippen molar-refractivity contribution in [2.45, 2.75) is 39.2 Å². The van der Waals surface area contributed by atoms with Gasteiger partial charge in [-0.2, -0.15) is 5.10 Å². The van der Waals surface area contributed by atoms with Crippen molar-refractivity contribution in [3.8, 4) is 0 Å². The van der Waals surface area contributed by atoms with Crippen molar-refractivity contribution in [3.05, 3.63) is 11.5 Å². The third kappa shape index (κ3) is 2.01. The Morgan fingerprint density at radius 1 is 1.44 bits per heavy atom. The van der Waals surface area contributed by atoms with E-state index in [-0.39, 0.29) is 6.04 Å². The lowest BCUT2D eigenvalue weighted by atomic mass is 10.3. The predicted octanol–water partition coefficient (Wildman–Crippen LogP) is 2.51. The first-order valence-electron chi connectivity index (χ1n) is 6.13. The summed E-state index contributed by atoms with van der Waals surface area (Å²) < 4.78 is 9.34. The van der Waals surface area contributed by atoms with Crippen molar-refractivity contribution >= 4 is 22.8 Å². The standard InChI is InChI=1S/C12H19ClN4O/c1-5-16-12-11(9(3)15-16)14-10(6-13)17(12)8(2)7-18-4/h8H,5-7H2,1-4H3. The topological polar surface area (TPSA) is 44.9 Å². The molecule has 6 heteroatoms. The fourth-order valence-corrected chi connectivity index (χ4v) is 2.52. The summed E-state index contributed by atoms with van der Waals surface area (Å²) in [5.74, 6) is 1.27. The third-order valence-electron chi connectivity index (χ3n) is 3.08. The van der Waals surface area contributed by atoms with Crippen LogP contribution in [0.1, 0.15) is 31.4 Å². The Hall–Kier alpha value is -1.07. The molecule has 0 amide bonds. The minimum absolute atomic E-state index is 0.190. The van der Waals surface area contributed by atoms with Crippen molar-refractivity contribution in [3.63, 3.8) is 0 Å². The molecule has 5 nitrogen and oxygen atoms in total. The highest BCUT2D eigenvalue weighted by atomic mass is 35.5. The van der Waals surface area contributed by atoms with Crippen LogP contribution < -0.4 is 0 Å². The van der Waals surface area contributed by atoms with Crippen LogP contribution in [0.2, 0.25) is 0 Å². The van der Waals surface area contributed by atoms with Gasteiger partial charge in [-0.25, -0.2) is 9.67 Å². The average molecular weight is 271 g/mol. The van der Waals surface area contributed by atoms with E-state index < -0.39 is 0 Å². The van der Waals surface area contributed by atoms with Gasteiger partial charge in [0.05, 0.1) is 24.2 Å². The maximum Gasteiger partial charge on any atom is 0.159 e. The van der Waals surface area contributed by atoms with Gasteiger partial charge in [0.25, 0.3) is 0 Å². The van der Waals surface area contributed by atoms with Crippen molar-refractivity contribution in [1.82, 2.24) is 19.3 Å². The van der Waals surface area contributed by atoms with E-state index in [0.29, 0.717) is 12.5 Å². The molecule has 100 valence electrons. The zero-order valence-corrected chi connectivity index (χ0v) is 12.0. The molecular formula is C12H19ClN4O. The van der Waals surface area contributed by atoms with Crippen LogP contribution in [-0.4, -0.2) is 33.0 Å². The van der Waals surface area contributed by atoms with Crippen molar-refractivity contribution in [1.29, 1.82) is 0 Å². The maximum absolute atomic E-state index is 6.00. The van der Waals surface area contributed by atoms with Crippen LogP contribution in [0, 0.1) is 6.92 Å². The van der Waals surface area contributed by atoms with E-state index in [4.69, 9.17) is 16.3 Å². The number of aryl methyl sites for hydroxylation is 2. The first kappa shape index (κ1) is 13.4. The molecule has 0 N–H and O–H groups in total. The van der Waals surface area contributed by atoms with E-state index >= 15 is 0 Å². The van der Waals surface area contributed by atoms with Crippen molar-refractivity contribution in [2.24, 2.45) is 0 Å². The number of ether oxygens (including phenoxy) is 1. The number of alkyl halides is 1. The molecule has 18 heavy (non-hydrogen) atoms. The number of hydrogen-bond donors (Lipinski definition) is 0. The predicted molar refractivity (Wildman–Crippen MR) is 72.1 cm³/mol. The van der Waals surface area contributed by atoms with Crippen LogP contribution in [0.5, 0.6) is 0 Å². The number of fused-ring (bicyclic) bond motifs is 1. The largest absolute Gasteiger partial charge is 0.383 e. The number of imidazole rings is 1. The molecule has 0 aromatic carbocycles. The summed E-state index contributed by atoms with van der Waals surface area (Å²) in [6.45, 7) is 7.60. The Morgan fingerprint density at radius 3 is 2.72 bits per heavy atom. The number of hydrogen-bond acceptors (Lipinski definition) is 3. The highest BCUT2D eigenvalue weighted by Crippen LogP contribution is 2.24. The molecule has 0 radical (unpaired) electrons. The summed E-state index contributed by atoms with van der Waals surface area (Å²) in [6, 6.07) is 0.190. The smallest absolute Gasteiger partial charge is 0.159 e. The van der Waals surface area contributed by atoms with Crippen LogP contribution in [0.15, 0.2) is 0 Å². The van der Waals surface area contributed by atoms with Gasteiger partial charge in [0.2, 0.25) is 0 Å². The van der Waals surface area contributed by atoms with Gasteiger partial charge in [0.1, 0.15) is 11.3 Å². The van der Waals surface area contributed by atoms with Gasteiger partial charge in [-0.3, -0.25) is 0 Å². The van der Waals surface area contributed by atoms with Gasteiger partial charge in [-0.05, 0) is 20.8 Å². The molecule has 0 spiro atoms. The molecule has 0 aliphatic rings. The van der Waals surface area contributed by atoms with Gasteiger partial charge >= 0.3 is 0 Å². The number of rotatable bonds is 5. The van der Waals surface area contributed by atoms with Crippen LogP contribution in [0.4, 0.5) is 0 Å². The Morgan fingerprint density at radius 2 is 2.17 bits per heavy atom. The van der Waals surface area contributed by atoms with E-state index in [2.05, 4.69) is 28.5 Å². The molecule has 1 unspecified atom stereocenters. The summed E-state index contributed by atoms with van der Waals surface area (Å²) in [7, 11) is 1.70. The summed E-state index contributed by atoms with van der Waals surface area (Å²) >= 11 is 6.00. The lowest BCUT2D eigenvalue weighted by Gasteiger charge is -2.16. The molecular weight excluding hydrogens is 252 g/mol. The highest BCUT2D eigenvalue weighted by molar-refractivity contribution is 6.16. The molecule has 0 aliphatic carbocycles. The minimum atomic E-state index is 0.190. The van der Waals surface area contributed by atoms with Crippen molar-refractivity contribution in [2.75, 3.05) is 13.7 Å². The molecule has 0 bridgehead atoms. The number of methoxy groups -OCH3 is 1. The molecule has 2 rings (SSSR count). The second kappa shape index (κ2) is 5.28. The molecule has 2 aromatic rings. The Bertz CT molecular complexity index is 546. The Labute approximate surface area is 112 Å². The number of nitrogens with zero attached hydrogens (tertiary/aromatic N) is 4. The fourth-order valence-electron chi connectivity index (χ4n) is 2.33. The van der Waals surface area contributed by atoms with Gasteiger partial charge in [-0.1, -0.05) is 0 Å². The molecule has 0 aliphatic heterocycles. The minimum Gasteiger partial charge on any atom is -0.383 e. The number of aromatic nitrogens is 4.